The summed E-state index contributed by atoms with van der Waals surface area (Å²) in [5.41, 5.74) is 5.65. The Kier molecular flexibility index (Phi) is 4.09. The van der Waals surface area contributed by atoms with E-state index in [1.165, 1.54) is 19.2 Å². The average Bonchev–Trinajstić information content (AvgIpc) is 3.24. The van der Waals surface area contributed by atoms with Crippen LogP contribution in [0.25, 0.3) is 0 Å². The first-order valence-electron chi connectivity index (χ1n) is 7.69. The third kappa shape index (κ3) is 2.69. The molecule has 3 rings (SSSR count). The zero-order chi connectivity index (χ0) is 18.4. The van der Waals surface area contributed by atoms with Gasteiger partial charge < -0.3 is 15.6 Å². The molecule has 0 aliphatic heterocycles. The van der Waals surface area contributed by atoms with E-state index in [-0.39, 0.29) is 4.90 Å². The van der Waals surface area contributed by atoms with Gasteiger partial charge in [0.2, 0.25) is 0 Å². The van der Waals surface area contributed by atoms with E-state index < -0.39 is 32.5 Å². The second-order valence-electron chi connectivity index (χ2n) is 6.27. The van der Waals surface area contributed by atoms with Crippen molar-refractivity contribution < 1.29 is 23.1 Å². The van der Waals surface area contributed by atoms with Crippen LogP contribution in [0.15, 0.2) is 53.4 Å². The highest BCUT2D eigenvalue weighted by Gasteiger charge is 2.74. The summed E-state index contributed by atoms with van der Waals surface area (Å²) in [6, 6.07) is 12.9. The molecular formula is C18H19NO5S. The highest BCUT2D eigenvalue weighted by Crippen LogP contribution is 2.55. The van der Waals surface area contributed by atoms with Crippen molar-refractivity contribution in [3.8, 4) is 5.75 Å². The normalized spacial score (nSPS) is 25.4. The molecule has 0 radical (unpaired) electrons. The molecular weight excluding hydrogens is 342 g/mol. The number of hydrogen-bond donors (Lipinski definition) is 2. The molecule has 132 valence electrons. The maximum absolute atomic E-state index is 13.0. The Labute approximate surface area is 146 Å². The minimum Gasteiger partial charge on any atom is -0.497 e. The zero-order valence-electron chi connectivity index (χ0n) is 13.8. The van der Waals surface area contributed by atoms with Crippen molar-refractivity contribution in [2.24, 2.45) is 5.73 Å². The number of sulfone groups is 1. The van der Waals surface area contributed by atoms with E-state index in [9.17, 15) is 18.3 Å². The number of carboxylic acids is 1. The van der Waals surface area contributed by atoms with E-state index in [1.54, 1.807) is 36.4 Å². The molecule has 0 unspecified atom stereocenters. The molecule has 0 amide bonds. The lowest BCUT2D eigenvalue weighted by atomic mass is 10.1. The monoisotopic (exact) mass is 361 g/mol. The number of benzene rings is 2. The van der Waals surface area contributed by atoms with Gasteiger partial charge in [-0.15, -0.1) is 0 Å². The van der Waals surface area contributed by atoms with Crippen LogP contribution in [0.2, 0.25) is 0 Å². The molecule has 0 spiro atoms. The molecule has 7 heteroatoms. The van der Waals surface area contributed by atoms with Crippen LogP contribution >= 0.6 is 0 Å². The van der Waals surface area contributed by atoms with Gasteiger partial charge in [0, 0.05) is 5.92 Å². The van der Waals surface area contributed by atoms with Crippen LogP contribution in [-0.2, 0) is 14.6 Å². The van der Waals surface area contributed by atoms with E-state index in [1.807, 2.05) is 6.92 Å². The summed E-state index contributed by atoms with van der Waals surface area (Å²) >= 11 is 0. The van der Waals surface area contributed by atoms with Gasteiger partial charge in [-0.25, -0.2) is 8.42 Å². The minimum atomic E-state index is -3.89. The molecule has 6 nitrogen and oxygen atoms in total. The Bertz CT molecular complexity index is 905. The Morgan fingerprint density at radius 2 is 1.68 bits per heavy atom. The van der Waals surface area contributed by atoms with Crippen molar-refractivity contribution in [3.63, 3.8) is 0 Å². The molecule has 3 atom stereocenters. The van der Waals surface area contributed by atoms with Gasteiger partial charge in [0.05, 0.1) is 12.0 Å². The number of aryl methyl sites for hydroxylation is 1. The van der Waals surface area contributed by atoms with Gasteiger partial charge in [-0.1, -0.05) is 29.8 Å². The van der Waals surface area contributed by atoms with Crippen LogP contribution in [0.1, 0.15) is 17.0 Å². The first-order chi connectivity index (χ1) is 11.7. The van der Waals surface area contributed by atoms with Crippen LogP contribution in [0.5, 0.6) is 5.75 Å². The number of ether oxygens (including phenoxy) is 1. The van der Waals surface area contributed by atoms with Crippen molar-refractivity contribution in [1.29, 1.82) is 0 Å². The fraction of sp³-hybridized carbons (Fsp3) is 0.278. The molecule has 1 aliphatic carbocycles. The van der Waals surface area contributed by atoms with Crippen LogP contribution in [0.4, 0.5) is 0 Å². The summed E-state index contributed by atoms with van der Waals surface area (Å²) in [5, 5.41) is 8.34. The molecule has 3 N–H and O–H groups in total. The predicted octanol–water partition coefficient (Wildman–Crippen LogP) is 1.73. The third-order valence-corrected chi connectivity index (χ3v) is 6.97. The number of methoxy groups -OCH3 is 1. The molecule has 2 aromatic rings. The molecule has 1 fully saturated rings. The van der Waals surface area contributed by atoms with Gasteiger partial charge in [0.25, 0.3) is 0 Å². The standard InChI is InChI=1S/C18H19NO5S/c1-11-3-9-14(10-4-11)25(22,23)16-15(18(16,19)17(20)21)12-5-7-13(24-2)8-6-12/h3-10,15-16H,19H2,1-2H3,(H,20,21)/t15-,16-,18-/m1/s1. The van der Waals surface area contributed by atoms with E-state index in [2.05, 4.69) is 0 Å². The van der Waals surface area contributed by atoms with E-state index in [0.29, 0.717) is 11.3 Å². The van der Waals surface area contributed by atoms with Crippen molar-refractivity contribution >= 4 is 15.8 Å². The lowest BCUT2D eigenvalue weighted by Crippen LogP contribution is -2.39. The number of carbonyl (C=O) groups is 1. The summed E-state index contributed by atoms with van der Waals surface area (Å²) in [7, 11) is -2.37. The van der Waals surface area contributed by atoms with Gasteiger partial charge in [-0.2, -0.15) is 0 Å². The molecule has 25 heavy (non-hydrogen) atoms. The van der Waals surface area contributed by atoms with Gasteiger partial charge in [0.1, 0.15) is 16.5 Å². The predicted molar refractivity (Wildman–Crippen MR) is 92.4 cm³/mol. The number of carboxylic acid groups (broad SMARTS) is 1. The van der Waals surface area contributed by atoms with Gasteiger partial charge in [-0.3, -0.25) is 4.79 Å². The SMILES string of the molecule is COc1ccc([C@@H]2[C@@H](S(=O)(=O)c3ccc(C)cc3)[C@@]2(N)C(=O)O)cc1. The lowest BCUT2D eigenvalue weighted by Gasteiger charge is -2.07. The van der Waals surface area contributed by atoms with Crippen molar-refractivity contribution in [2.45, 2.75) is 28.5 Å². The van der Waals surface area contributed by atoms with E-state index in [0.717, 1.165) is 5.56 Å². The molecule has 0 aromatic heterocycles. The summed E-state index contributed by atoms with van der Waals surface area (Å²) in [5.74, 6) is -1.54. The van der Waals surface area contributed by atoms with Gasteiger partial charge in [-0.05, 0) is 36.8 Å². The first kappa shape index (κ1) is 17.4. The van der Waals surface area contributed by atoms with Crippen molar-refractivity contribution in [2.75, 3.05) is 7.11 Å². The summed E-state index contributed by atoms with van der Waals surface area (Å²) in [4.78, 5) is 11.8. The van der Waals surface area contributed by atoms with Gasteiger partial charge in [0.15, 0.2) is 9.84 Å². The molecule has 0 heterocycles. The van der Waals surface area contributed by atoms with Gasteiger partial charge >= 0.3 is 5.97 Å². The van der Waals surface area contributed by atoms with Crippen LogP contribution < -0.4 is 10.5 Å². The summed E-state index contributed by atoms with van der Waals surface area (Å²) in [6.45, 7) is 1.85. The molecule has 0 saturated heterocycles. The van der Waals surface area contributed by atoms with Crippen molar-refractivity contribution in [1.82, 2.24) is 0 Å². The van der Waals surface area contributed by atoms with Crippen LogP contribution in [0, 0.1) is 6.92 Å². The first-order valence-corrected chi connectivity index (χ1v) is 9.24. The minimum absolute atomic E-state index is 0.0789. The molecule has 1 aliphatic rings. The molecule has 2 aromatic carbocycles. The highest BCUT2D eigenvalue weighted by molar-refractivity contribution is 7.92. The Balaban J connectivity index is 2.03. The maximum Gasteiger partial charge on any atom is 0.325 e. The van der Waals surface area contributed by atoms with Crippen molar-refractivity contribution in [3.05, 3.63) is 59.7 Å². The average molecular weight is 361 g/mol. The number of nitrogens with two attached hydrogens (primary N) is 1. The fourth-order valence-electron chi connectivity index (χ4n) is 3.20. The van der Waals surface area contributed by atoms with E-state index >= 15 is 0 Å². The second-order valence-corrected chi connectivity index (χ2v) is 8.34. The fourth-order valence-corrected chi connectivity index (χ4v) is 5.43. The smallest absolute Gasteiger partial charge is 0.325 e. The summed E-state index contributed by atoms with van der Waals surface area (Å²) in [6.07, 6.45) is 0. The summed E-state index contributed by atoms with van der Waals surface area (Å²) < 4.78 is 31.0. The molecule has 1 saturated carbocycles. The quantitative estimate of drug-likeness (QED) is 0.840. The lowest BCUT2D eigenvalue weighted by molar-refractivity contribution is -0.139. The Hall–Kier alpha value is -2.38. The second kappa shape index (κ2) is 5.86. The molecule has 0 bridgehead atoms. The van der Waals surface area contributed by atoms with E-state index in [4.69, 9.17) is 10.5 Å². The number of rotatable bonds is 5. The Morgan fingerprint density at radius 1 is 1.12 bits per heavy atom. The third-order valence-electron chi connectivity index (χ3n) is 4.71. The number of aliphatic carboxylic acids is 1. The zero-order valence-corrected chi connectivity index (χ0v) is 14.7. The topological polar surface area (TPSA) is 107 Å². The van der Waals surface area contributed by atoms with Crippen LogP contribution in [-0.4, -0.2) is 37.4 Å². The maximum atomic E-state index is 13.0. The number of hydrogen-bond acceptors (Lipinski definition) is 5. The Morgan fingerprint density at radius 3 is 2.16 bits per heavy atom. The van der Waals surface area contributed by atoms with Crippen LogP contribution in [0.3, 0.4) is 0 Å². The highest BCUT2D eigenvalue weighted by atomic mass is 32.2. The largest absolute Gasteiger partial charge is 0.497 e.